The van der Waals surface area contributed by atoms with E-state index in [-0.39, 0.29) is 35.3 Å². The van der Waals surface area contributed by atoms with E-state index in [4.69, 9.17) is 11.6 Å². The van der Waals surface area contributed by atoms with Crippen molar-refractivity contribution >= 4 is 39.9 Å². The minimum absolute atomic E-state index is 0.000671. The summed E-state index contributed by atoms with van der Waals surface area (Å²) in [6, 6.07) is 8.54. The Labute approximate surface area is 181 Å². The molecule has 5 nitrogen and oxygen atoms in total. The van der Waals surface area contributed by atoms with Crippen LogP contribution in [-0.2, 0) is 11.2 Å². The highest BCUT2D eigenvalue weighted by Gasteiger charge is 2.12. The van der Waals surface area contributed by atoms with E-state index in [0.717, 1.165) is 22.6 Å². The first-order valence-corrected chi connectivity index (χ1v) is 10.2. The summed E-state index contributed by atoms with van der Waals surface area (Å²) < 4.78 is 26.7. The Morgan fingerprint density at radius 3 is 2.70 bits per heavy atom. The Bertz CT molecular complexity index is 1090. The number of carbonyl (C=O) groups excluding carboxylic acids is 2. The molecule has 0 aliphatic carbocycles. The number of aryl methyl sites for hydroxylation is 1. The molecule has 0 atom stereocenters. The number of benzene rings is 2. The van der Waals surface area contributed by atoms with Gasteiger partial charge in [0.15, 0.2) is 5.13 Å². The van der Waals surface area contributed by atoms with E-state index in [2.05, 4.69) is 15.6 Å². The van der Waals surface area contributed by atoms with Crippen LogP contribution in [0.2, 0.25) is 5.02 Å². The summed E-state index contributed by atoms with van der Waals surface area (Å²) in [6.45, 7) is 1.79. The lowest BCUT2D eigenvalue weighted by molar-refractivity contribution is -0.116. The third-order valence-electron chi connectivity index (χ3n) is 4.23. The van der Waals surface area contributed by atoms with E-state index in [1.54, 1.807) is 19.2 Å². The second-order valence-electron chi connectivity index (χ2n) is 6.57. The SMILES string of the molecule is Cc1ccc(Cc2cnc(NC(=O)CCNC(=O)c3ccc(F)cc3Cl)s2)cc1F. The highest BCUT2D eigenvalue weighted by atomic mass is 35.5. The standard InChI is InChI=1S/C21H18ClF2N3O2S/c1-12-2-3-13(9-18(12)24)8-15-11-26-21(30-15)27-19(28)6-7-25-20(29)16-5-4-14(23)10-17(16)22/h2-5,9-11H,6-8H2,1H3,(H,25,29)(H,26,27,28). The maximum Gasteiger partial charge on any atom is 0.252 e. The third kappa shape index (κ3) is 5.84. The van der Waals surface area contributed by atoms with Gasteiger partial charge < -0.3 is 10.6 Å². The Morgan fingerprint density at radius 1 is 1.17 bits per heavy atom. The molecule has 2 amide bonds. The van der Waals surface area contributed by atoms with Crippen molar-refractivity contribution in [3.63, 3.8) is 0 Å². The van der Waals surface area contributed by atoms with Crippen molar-refractivity contribution in [2.45, 2.75) is 19.8 Å². The Hall–Kier alpha value is -2.84. The van der Waals surface area contributed by atoms with Crippen molar-refractivity contribution in [3.05, 3.63) is 80.8 Å². The van der Waals surface area contributed by atoms with Gasteiger partial charge in [0.1, 0.15) is 11.6 Å². The van der Waals surface area contributed by atoms with Crippen molar-refractivity contribution in [2.24, 2.45) is 0 Å². The first kappa shape index (κ1) is 21.9. The fourth-order valence-electron chi connectivity index (χ4n) is 2.63. The molecule has 0 radical (unpaired) electrons. The number of hydrogen-bond donors (Lipinski definition) is 2. The summed E-state index contributed by atoms with van der Waals surface area (Å²) in [4.78, 5) is 29.2. The molecule has 0 aliphatic rings. The van der Waals surface area contributed by atoms with Crippen molar-refractivity contribution in [3.8, 4) is 0 Å². The van der Waals surface area contributed by atoms with Crippen molar-refractivity contribution in [1.82, 2.24) is 10.3 Å². The van der Waals surface area contributed by atoms with Crippen LogP contribution in [0.15, 0.2) is 42.6 Å². The van der Waals surface area contributed by atoms with E-state index in [9.17, 15) is 18.4 Å². The molecule has 156 valence electrons. The number of thiazole rings is 1. The lowest BCUT2D eigenvalue weighted by Gasteiger charge is -2.06. The predicted octanol–water partition coefficient (Wildman–Crippen LogP) is 4.73. The number of halogens is 3. The molecular formula is C21H18ClF2N3O2S. The third-order valence-corrected chi connectivity index (χ3v) is 5.45. The van der Waals surface area contributed by atoms with Crippen LogP contribution in [0.1, 0.15) is 32.8 Å². The normalized spacial score (nSPS) is 10.7. The molecule has 9 heteroatoms. The predicted molar refractivity (Wildman–Crippen MR) is 113 cm³/mol. The lowest BCUT2D eigenvalue weighted by atomic mass is 10.1. The largest absolute Gasteiger partial charge is 0.351 e. The number of carbonyl (C=O) groups is 2. The molecule has 0 spiro atoms. The zero-order chi connectivity index (χ0) is 21.7. The van der Waals surface area contributed by atoms with Gasteiger partial charge in [-0.25, -0.2) is 13.8 Å². The van der Waals surface area contributed by atoms with Crippen LogP contribution < -0.4 is 10.6 Å². The number of aromatic nitrogens is 1. The van der Waals surface area contributed by atoms with Gasteiger partial charge in [-0.2, -0.15) is 0 Å². The number of nitrogens with zero attached hydrogens (tertiary/aromatic N) is 1. The maximum atomic E-state index is 13.7. The molecule has 3 rings (SSSR count). The second-order valence-corrected chi connectivity index (χ2v) is 8.09. The fraction of sp³-hybridized carbons (Fsp3) is 0.190. The summed E-state index contributed by atoms with van der Waals surface area (Å²) in [7, 11) is 0. The van der Waals surface area contributed by atoms with Crippen LogP contribution in [0.5, 0.6) is 0 Å². The van der Waals surface area contributed by atoms with Crippen molar-refractivity contribution < 1.29 is 18.4 Å². The summed E-state index contributed by atoms with van der Waals surface area (Å²) in [6.07, 6.45) is 2.18. The number of nitrogens with one attached hydrogen (secondary N) is 2. The van der Waals surface area contributed by atoms with E-state index in [1.807, 2.05) is 6.07 Å². The molecule has 0 unspecified atom stereocenters. The first-order chi connectivity index (χ1) is 14.3. The lowest BCUT2D eigenvalue weighted by Crippen LogP contribution is -2.27. The summed E-state index contributed by atoms with van der Waals surface area (Å²) in [5.74, 6) is -1.60. The highest BCUT2D eigenvalue weighted by molar-refractivity contribution is 7.15. The Balaban J connectivity index is 1.47. The van der Waals surface area contributed by atoms with Crippen LogP contribution in [0.3, 0.4) is 0 Å². The van der Waals surface area contributed by atoms with Crippen LogP contribution in [0.4, 0.5) is 13.9 Å². The Kier molecular flexibility index (Phi) is 7.12. The van der Waals surface area contributed by atoms with Crippen LogP contribution in [-0.4, -0.2) is 23.3 Å². The fourth-order valence-corrected chi connectivity index (χ4v) is 3.75. The average molecular weight is 450 g/mol. The van der Waals surface area contributed by atoms with Crippen LogP contribution in [0.25, 0.3) is 0 Å². The molecule has 0 saturated carbocycles. The van der Waals surface area contributed by atoms with Gasteiger partial charge >= 0.3 is 0 Å². The van der Waals surface area contributed by atoms with Crippen molar-refractivity contribution in [1.29, 1.82) is 0 Å². The van der Waals surface area contributed by atoms with Crippen LogP contribution >= 0.6 is 22.9 Å². The molecule has 1 aromatic heterocycles. The van der Waals surface area contributed by atoms with E-state index in [0.29, 0.717) is 17.1 Å². The molecule has 2 N–H and O–H groups in total. The molecule has 1 heterocycles. The van der Waals surface area contributed by atoms with Crippen LogP contribution in [0, 0.1) is 18.6 Å². The highest BCUT2D eigenvalue weighted by Crippen LogP contribution is 2.22. The van der Waals surface area contributed by atoms with Gasteiger partial charge in [0.25, 0.3) is 5.91 Å². The molecule has 0 bridgehead atoms. The zero-order valence-corrected chi connectivity index (χ0v) is 17.5. The quantitative estimate of drug-likeness (QED) is 0.547. The summed E-state index contributed by atoms with van der Waals surface area (Å²) in [5, 5.41) is 5.66. The number of amides is 2. The molecule has 0 fully saturated rings. The van der Waals surface area contributed by atoms with Gasteiger partial charge in [-0.3, -0.25) is 9.59 Å². The second kappa shape index (κ2) is 9.77. The first-order valence-electron chi connectivity index (χ1n) is 9.04. The van der Waals surface area contributed by atoms with Gasteiger partial charge in [-0.15, -0.1) is 11.3 Å². The average Bonchev–Trinajstić information content (AvgIpc) is 3.11. The molecule has 3 aromatic rings. The number of hydrogen-bond acceptors (Lipinski definition) is 4. The molecular weight excluding hydrogens is 432 g/mol. The topological polar surface area (TPSA) is 71.1 Å². The maximum absolute atomic E-state index is 13.7. The van der Waals surface area contributed by atoms with Gasteiger partial charge in [-0.05, 0) is 42.3 Å². The van der Waals surface area contributed by atoms with E-state index in [1.165, 1.54) is 23.5 Å². The van der Waals surface area contributed by atoms with E-state index >= 15 is 0 Å². The molecule has 0 aliphatic heterocycles. The summed E-state index contributed by atoms with van der Waals surface area (Å²) >= 11 is 7.14. The molecule has 30 heavy (non-hydrogen) atoms. The van der Waals surface area contributed by atoms with Gasteiger partial charge in [0.2, 0.25) is 5.91 Å². The van der Waals surface area contributed by atoms with E-state index < -0.39 is 11.7 Å². The van der Waals surface area contributed by atoms with Crippen molar-refractivity contribution in [2.75, 3.05) is 11.9 Å². The number of anilines is 1. The minimum Gasteiger partial charge on any atom is -0.351 e. The zero-order valence-electron chi connectivity index (χ0n) is 16.0. The molecule has 0 saturated heterocycles. The smallest absolute Gasteiger partial charge is 0.252 e. The minimum atomic E-state index is -0.536. The monoisotopic (exact) mass is 449 g/mol. The van der Waals surface area contributed by atoms with Gasteiger partial charge in [0, 0.05) is 30.5 Å². The van der Waals surface area contributed by atoms with Gasteiger partial charge in [0.05, 0.1) is 10.6 Å². The molecule has 2 aromatic carbocycles. The number of rotatable bonds is 7. The van der Waals surface area contributed by atoms with Gasteiger partial charge in [-0.1, -0.05) is 23.7 Å². The Morgan fingerprint density at radius 2 is 1.97 bits per heavy atom. The summed E-state index contributed by atoms with van der Waals surface area (Å²) in [5.41, 5.74) is 1.54.